The number of carbonyl (C=O) groups is 2. The number of rotatable bonds is 3. The van der Waals surface area contributed by atoms with Crippen LogP contribution in [0.2, 0.25) is 0 Å². The van der Waals surface area contributed by atoms with E-state index in [1.165, 1.54) is 30.5 Å². The van der Waals surface area contributed by atoms with Gasteiger partial charge in [-0.2, -0.15) is 0 Å². The molecule has 0 aromatic heterocycles. The molecule has 1 atom stereocenters. The molecule has 2 fully saturated rings. The third-order valence-corrected chi connectivity index (χ3v) is 5.90. The van der Waals surface area contributed by atoms with E-state index in [2.05, 4.69) is 33.7 Å². The van der Waals surface area contributed by atoms with E-state index in [0.717, 1.165) is 44.1 Å². The number of aryl methyl sites for hydroxylation is 1. The van der Waals surface area contributed by atoms with Crippen molar-refractivity contribution >= 4 is 17.5 Å². The molecule has 5 heteroatoms. The SMILES string of the molecule is O=C1CCC(c2ccc3c(c2)CCCN3CC2CCNCC2)C(=O)N1. The van der Waals surface area contributed by atoms with E-state index >= 15 is 0 Å². The van der Waals surface area contributed by atoms with Gasteiger partial charge in [0.1, 0.15) is 0 Å². The zero-order chi connectivity index (χ0) is 17.2. The Labute approximate surface area is 149 Å². The van der Waals surface area contributed by atoms with Crippen molar-refractivity contribution in [2.75, 3.05) is 31.1 Å². The molecule has 1 aromatic carbocycles. The minimum absolute atomic E-state index is 0.140. The number of nitrogens with one attached hydrogen (secondary N) is 2. The first kappa shape index (κ1) is 16.6. The van der Waals surface area contributed by atoms with Crippen LogP contribution in [0.25, 0.3) is 0 Å². The molecule has 3 heterocycles. The number of amides is 2. The fourth-order valence-corrected chi connectivity index (χ4v) is 4.49. The molecule has 0 radical (unpaired) electrons. The Kier molecular flexibility index (Phi) is 4.75. The number of hydrogen-bond donors (Lipinski definition) is 2. The lowest BCUT2D eigenvalue weighted by atomic mass is 9.87. The second-order valence-electron chi connectivity index (χ2n) is 7.63. The minimum atomic E-state index is -0.178. The standard InChI is InChI=1S/C20H27N3O2/c24-19-6-4-17(20(25)22-19)15-3-5-18-16(12-15)2-1-11-23(18)13-14-7-9-21-10-8-14/h3,5,12,14,17,21H,1-2,4,6-11,13H2,(H,22,24,25). The molecule has 134 valence electrons. The molecule has 1 aromatic rings. The molecule has 0 spiro atoms. The molecule has 3 aliphatic rings. The summed E-state index contributed by atoms with van der Waals surface area (Å²) in [4.78, 5) is 26.1. The molecule has 2 amide bonds. The van der Waals surface area contributed by atoms with Crippen LogP contribution >= 0.6 is 0 Å². The maximum Gasteiger partial charge on any atom is 0.234 e. The van der Waals surface area contributed by atoms with E-state index in [1.54, 1.807) is 0 Å². The van der Waals surface area contributed by atoms with Crippen molar-refractivity contribution in [3.8, 4) is 0 Å². The van der Waals surface area contributed by atoms with Crippen molar-refractivity contribution in [2.45, 2.75) is 44.4 Å². The Bertz CT molecular complexity index is 667. The number of piperidine rings is 2. The average Bonchev–Trinajstić information content (AvgIpc) is 2.62. The first-order valence-corrected chi connectivity index (χ1v) is 9.63. The highest BCUT2D eigenvalue weighted by molar-refractivity contribution is 6.01. The molecule has 3 aliphatic heterocycles. The number of hydrogen-bond acceptors (Lipinski definition) is 4. The maximum absolute atomic E-state index is 12.2. The van der Waals surface area contributed by atoms with Gasteiger partial charge < -0.3 is 10.2 Å². The van der Waals surface area contributed by atoms with Gasteiger partial charge >= 0.3 is 0 Å². The fourth-order valence-electron chi connectivity index (χ4n) is 4.49. The van der Waals surface area contributed by atoms with Crippen LogP contribution in [0.4, 0.5) is 5.69 Å². The second-order valence-corrected chi connectivity index (χ2v) is 7.63. The predicted octanol–water partition coefficient (Wildman–Crippen LogP) is 1.96. The second kappa shape index (κ2) is 7.16. The van der Waals surface area contributed by atoms with E-state index in [4.69, 9.17) is 0 Å². The van der Waals surface area contributed by atoms with E-state index < -0.39 is 0 Å². The average molecular weight is 341 g/mol. The van der Waals surface area contributed by atoms with Crippen LogP contribution in [0.3, 0.4) is 0 Å². The van der Waals surface area contributed by atoms with Gasteiger partial charge in [0.2, 0.25) is 11.8 Å². The third kappa shape index (κ3) is 3.56. The van der Waals surface area contributed by atoms with Crippen LogP contribution in [-0.4, -0.2) is 38.0 Å². The topological polar surface area (TPSA) is 61.4 Å². The van der Waals surface area contributed by atoms with E-state index in [0.29, 0.717) is 12.8 Å². The molecular weight excluding hydrogens is 314 g/mol. The molecule has 5 nitrogen and oxygen atoms in total. The van der Waals surface area contributed by atoms with Gasteiger partial charge in [0.25, 0.3) is 0 Å². The first-order chi connectivity index (χ1) is 12.2. The zero-order valence-corrected chi connectivity index (χ0v) is 14.7. The van der Waals surface area contributed by atoms with Gasteiger partial charge in [-0.25, -0.2) is 0 Å². The Hall–Kier alpha value is -1.88. The predicted molar refractivity (Wildman–Crippen MR) is 97.7 cm³/mol. The Morgan fingerprint density at radius 1 is 1.08 bits per heavy atom. The number of anilines is 1. The first-order valence-electron chi connectivity index (χ1n) is 9.63. The number of fused-ring (bicyclic) bond motifs is 1. The zero-order valence-electron chi connectivity index (χ0n) is 14.7. The summed E-state index contributed by atoms with van der Waals surface area (Å²) >= 11 is 0. The molecule has 2 N–H and O–H groups in total. The normalized spacial score (nSPS) is 24.8. The number of benzene rings is 1. The Morgan fingerprint density at radius 2 is 1.92 bits per heavy atom. The van der Waals surface area contributed by atoms with Crippen molar-refractivity contribution < 1.29 is 9.59 Å². The lowest BCUT2D eigenvalue weighted by Gasteiger charge is -2.36. The van der Waals surface area contributed by atoms with Crippen LogP contribution in [0, 0.1) is 5.92 Å². The lowest BCUT2D eigenvalue weighted by molar-refractivity contribution is -0.134. The van der Waals surface area contributed by atoms with Gasteiger partial charge in [0.15, 0.2) is 0 Å². The van der Waals surface area contributed by atoms with Crippen molar-refractivity contribution in [2.24, 2.45) is 5.92 Å². The van der Waals surface area contributed by atoms with Crippen LogP contribution in [0.5, 0.6) is 0 Å². The van der Waals surface area contributed by atoms with Gasteiger partial charge in [0.05, 0.1) is 5.92 Å². The molecule has 2 saturated heterocycles. The Balaban J connectivity index is 1.51. The quantitative estimate of drug-likeness (QED) is 0.825. The van der Waals surface area contributed by atoms with Crippen molar-refractivity contribution in [3.05, 3.63) is 29.3 Å². The van der Waals surface area contributed by atoms with Crippen molar-refractivity contribution in [1.29, 1.82) is 0 Å². The summed E-state index contributed by atoms with van der Waals surface area (Å²) < 4.78 is 0. The molecule has 1 unspecified atom stereocenters. The summed E-state index contributed by atoms with van der Waals surface area (Å²) in [6.07, 6.45) is 5.86. The highest BCUT2D eigenvalue weighted by Crippen LogP contribution is 2.33. The fraction of sp³-hybridized carbons (Fsp3) is 0.600. The summed E-state index contributed by atoms with van der Waals surface area (Å²) in [5.74, 6) is 0.315. The Morgan fingerprint density at radius 3 is 2.72 bits per heavy atom. The number of nitrogens with zero attached hydrogens (tertiary/aromatic N) is 1. The van der Waals surface area contributed by atoms with Gasteiger partial charge in [0, 0.05) is 25.2 Å². The van der Waals surface area contributed by atoms with Crippen LogP contribution in [0.15, 0.2) is 18.2 Å². The maximum atomic E-state index is 12.2. The highest BCUT2D eigenvalue weighted by atomic mass is 16.2. The minimum Gasteiger partial charge on any atom is -0.371 e. The van der Waals surface area contributed by atoms with Crippen LogP contribution in [-0.2, 0) is 16.0 Å². The summed E-state index contributed by atoms with van der Waals surface area (Å²) in [7, 11) is 0. The van der Waals surface area contributed by atoms with Crippen LogP contribution in [0.1, 0.15) is 49.1 Å². The smallest absolute Gasteiger partial charge is 0.234 e. The summed E-state index contributed by atoms with van der Waals surface area (Å²) in [5.41, 5.74) is 3.77. The third-order valence-electron chi connectivity index (χ3n) is 5.90. The molecular formula is C20H27N3O2. The molecule has 4 rings (SSSR count). The number of imide groups is 1. The van der Waals surface area contributed by atoms with Gasteiger partial charge in [-0.3, -0.25) is 14.9 Å². The molecule has 25 heavy (non-hydrogen) atoms. The van der Waals surface area contributed by atoms with Crippen molar-refractivity contribution in [1.82, 2.24) is 10.6 Å². The monoisotopic (exact) mass is 341 g/mol. The van der Waals surface area contributed by atoms with E-state index in [-0.39, 0.29) is 17.7 Å². The molecule has 0 aliphatic carbocycles. The molecule has 0 saturated carbocycles. The summed E-state index contributed by atoms with van der Waals surface area (Å²) in [5, 5.41) is 5.92. The van der Waals surface area contributed by atoms with Gasteiger partial charge in [-0.1, -0.05) is 12.1 Å². The van der Waals surface area contributed by atoms with Gasteiger partial charge in [-0.15, -0.1) is 0 Å². The van der Waals surface area contributed by atoms with E-state index in [9.17, 15) is 9.59 Å². The largest absolute Gasteiger partial charge is 0.371 e. The van der Waals surface area contributed by atoms with Gasteiger partial charge in [-0.05, 0) is 68.3 Å². The van der Waals surface area contributed by atoms with Crippen molar-refractivity contribution in [3.63, 3.8) is 0 Å². The summed E-state index contributed by atoms with van der Waals surface area (Å²) in [6, 6.07) is 6.51. The molecule has 0 bridgehead atoms. The number of carbonyl (C=O) groups excluding carboxylic acids is 2. The lowest BCUT2D eigenvalue weighted by Crippen LogP contribution is -2.40. The van der Waals surface area contributed by atoms with Crippen LogP contribution < -0.4 is 15.5 Å². The summed E-state index contributed by atoms with van der Waals surface area (Å²) in [6.45, 7) is 4.56. The van der Waals surface area contributed by atoms with E-state index in [1.807, 2.05) is 0 Å². The highest BCUT2D eigenvalue weighted by Gasteiger charge is 2.29.